The largest absolute Gasteiger partial charge is 0.457 e. The maximum absolute atomic E-state index is 12.5. The summed E-state index contributed by atoms with van der Waals surface area (Å²) in [6.45, 7) is 7.04. The van der Waals surface area contributed by atoms with Crippen molar-refractivity contribution in [2.45, 2.75) is 69.3 Å². The molecule has 4 atom stereocenters. The molecule has 6 heteroatoms. The molecule has 1 N–H and O–H groups in total. The number of amidine groups is 1. The maximum atomic E-state index is 12.5. The van der Waals surface area contributed by atoms with Crippen LogP contribution in [0.25, 0.3) is 0 Å². The summed E-state index contributed by atoms with van der Waals surface area (Å²) in [6.07, 6.45) is 4.89. The first-order valence-electron chi connectivity index (χ1n) is 7.89. The van der Waals surface area contributed by atoms with Crippen molar-refractivity contribution in [1.29, 1.82) is 0 Å². The average Bonchev–Trinajstić information content (AvgIpc) is 2.74. The first-order chi connectivity index (χ1) is 9.57. The van der Waals surface area contributed by atoms with E-state index >= 15 is 0 Å². The van der Waals surface area contributed by atoms with Gasteiger partial charge in [0.2, 0.25) is 10.0 Å². The van der Waals surface area contributed by atoms with Crippen LogP contribution in [-0.4, -0.2) is 30.3 Å². The van der Waals surface area contributed by atoms with E-state index in [1.807, 2.05) is 13.8 Å². The molecule has 118 valence electrons. The Hall–Kier alpha value is -0.780. The molecule has 0 amide bonds. The number of rotatable bonds is 1. The zero-order valence-electron chi connectivity index (χ0n) is 13.1. The van der Waals surface area contributed by atoms with E-state index in [9.17, 15) is 8.42 Å². The van der Waals surface area contributed by atoms with Gasteiger partial charge in [-0.2, -0.15) is 0 Å². The molecule has 0 aromatic heterocycles. The lowest BCUT2D eigenvalue weighted by Crippen LogP contribution is -2.65. The summed E-state index contributed by atoms with van der Waals surface area (Å²) in [6, 6.07) is 0.219. The van der Waals surface area contributed by atoms with E-state index in [1.54, 1.807) is 13.8 Å². The van der Waals surface area contributed by atoms with Crippen LogP contribution in [-0.2, 0) is 14.8 Å². The number of aliphatic imine (C=N–C) groups is 1. The van der Waals surface area contributed by atoms with E-state index in [2.05, 4.69) is 4.72 Å². The fourth-order valence-corrected chi connectivity index (χ4v) is 6.06. The Labute approximate surface area is 126 Å². The average molecular weight is 312 g/mol. The third-order valence-electron chi connectivity index (χ3n) is 6.84. The van der Waals surface area contributed by atoms with Crippen molar-refractivity contribution in [2.24, 2.45) is 22.7 Å². The van der Waals surface area contributed by atoms with Crippen molar-refractivity contribution >= 4 is 16.0 Å². The van der Waals surface area contributed by atoms with Crippen molar-refractivity contribution < 1.29 is 13.2 Å². The van der Waals surface area contributed by atoms with Gasteiger partial charge in [-0.15, -0.1) is 0 Å². The number of sulfonamides is 1. The minimum Gasteiger partial charge on any atom is -0.457 e. The molecule has 3 aliphatic carbocycles. The van der Waals surface area contributed by atoms with E-state index in [1.165, 1.54) is 19.3 Å². The van der Waals surface area contributed by atoms with Crippen molar-refractivity contribution in [3.8, 4) is 0 Å². The Morgan fingerprint density at radius 1 is 1.14 bits per heavy atom. The number of hydrogen-bond acceptors (Lipinski definition) is 4. The molecule has 1 aliphatic heterocycles. The van der Waals surface area contributed by atoms with Crippen molar-refractivity contribution in [3.63, 3.8) is 0 Å². The Bertz CT molecular complexity index is 623. The lowest BCUT2D eigenvalue weighted by molar-refractivity contribution is 0.0277. The van der Waals surface area contributed by atoms with Gasteiger partial charge in [0.1, 0.15) is 10.3 Å². The van der Waals surface area contributed by atoms with E-state index in [4.69, 9.17) is 9.73 Å². The second-order valence-electron chi connectivity index (χ2n) is 8.31. The van der Waals surface area contributed by atoms with E-state index in [-0.39, 0.29) is 11.6 Å². The fourth-order valence-electron chi connectivity index (χ4n) is 4.80. The molecule has 2 bridgehead atoms. The first kappa shape index (κ1) is 13.9. The topological polar surface area (TPSA) is 67.8 Å². The molecule has 1 heterocycles. The number of hydrogen-bond donors (Lipinski definition) is 1. The van der Waals surface area contributed by atoms with Gasteiger partial charge in [0.15, 0.2) is 0 Å². The van der Waals surface area contributed by atoms with Crippen LogP contribution in [0.3, 0.4) is 0 Å². The second kappa shape index (κ2) is 3.58. The van der Waals surface area contributed by atoms with Crippen LogP contribution in [0.1, 0.15) is 53.4 Å². The van der Waals surface area contributed by atoms with Crippen molar-refractivity contribution in [2.75, 3.05) is 0 Å². The fraction of sp³-hybridized carbons (Fsp3) is 0.933. The lowest BCUT2D eigenvalue weighted by atomic mass is 9.59. The predicted octanol–water partition coefficient (Wildman–Crippen LogP) is 2.04. The Kier molecular flexibility index (Phi) is 2.36. The Morgan fingerprint density at radius 3 is 2.24 bits per heavy atom. The van der Waals surface area contributed by atoms with Crippen LogP contribution in [0, 0.1) is 17.8 Å². The first-order valence-corrected chi connectivity index (χ1v) is 9.37. The van der Waals surface area contributed by atoms with Crippen molar-refractivity contribution in [1.82, 2.24) is 4.72 Å². The van der Waals surface area contributed by atoms with Crippen molar-refractivity contribution in [3.05, 3.63) is 0 Å². The van der Waals surface area contributed by atoms with E-state index in [0.29, 0.717) is 11.8 Å². The summed E-state index contributed by atoms with van der Waals surface area (Å²) < 4.78 is 32.6. The van der Waals surface area contributed by atoms with Crippen LogP contribution in [0.4, 0.5) is 0 Å². The van der Waals surface area contributed by atoms with Gasteiger partial charge in [-0.1, -0.05) is 0 Å². The maximum Gasteiger partial charge on any atom is 0.299 e. The van der Waals surface area contributed by atoms with Crippen LogP contribution in [0.2, 0.25) is 0 Å². The van der Waals surface area contributed by atoms with Gasteiger partial charge >= 0.3 is 0 Å². The third kappa shape index (κ3) is 1.52. The SMILES string of the molecule is CC1(C)OC(=NC23CC4C[C@@H]2C[C@@H]3C4)NS(=O)(=O)C1(C)C. The van der Waals surface area contributed by atoms with Gasteiger partial charge in [0.05, 0.1) is 5.54 Å². The summed E-state index contributed by atoms with van der Waals surface area (Å²) >= 11 is 0. The van der Waals surface area contributed by atoms with E-state index in [0.717, 1.165) is 12.3 Å². The molecular formula is C15H24N2O3S. The number of ether oxygens (including phenoxy) is 1. The summed E-state index contributed by atoms with van der Waals surface area (Å²) in [7, 11) is -3.49. The molecule has 0 spiro atoms. The number of nitrogens with zero attached hydrogens (tertiary/aromatic N) is 1. The molecular weight excluding hydrogens is 288 g/mol. The van der Waals surface area contributed by atoms with Gasteiger partial charge in [-0.25, -0.2) is 18.1 Å². The molecule has 4 rings (SSSR count). The highest BCUT2D eigenvalue weighted by Gasteiger charge is 2.66. The standard InChI is InChI=1S/C15H24N2O3S/c1-13(2)14(3,4)21(18,19)17-12(20-13)16-15-8-9-5-10(15)7-11(15)6-9/h9-11H,5-8H2,1-4H3,(H,16,17)/t9?,10-,11+,15?. The minimum atomic E-state index is -3.49. The normalized spacial score (nSPS) is 49.3. The molecule has 4 aliphatic rings. The molecule has 1 saturated heterocycles. The lowest BCUT2D eigenvalue weighted by Gasteiger charge is -2.51. The van der Waals surface area contributed by atoms with Gasteiger partial charge in [-0.05, 0) is 71.1 Å². The van der Waals surface area contributed by atoms with Gasteiger partial charge in [0.25, 0.3) is 6.02 Å². The quantitative estimate of drug-likeness (QED) is 0.805. The van der Waals surface area contributed by atoms with Crippen LogP contribution in [0.5, 0.6) is 0 Å². The summed E-state index contributed by atoms with van der Waals surface area (Å²) in [5.41, 5.74) is -0.826. The molecule has 5 nitrogen and oxygen atoms in total. The number of fused-ring (bicyclic) bond motifs is 1. The third-order valence-corrected chi connectivity index (χ3v) is 9.12. The summed E-state index contributed by atoms with van der Waals surface area (Å²) in [5.74, 6) is 2.07. The molecule has 0 aromatic rings. The minimum absolute atomic E-state index is 0.0277. The predicted molar refractivity (Wildman–Crippen MR) is 80.4 cm³/mol. The Morgan fingerprint density at radius 2 is 1.76 bits per heavy atom. The van der Waals surface area contributed by atoms with Crippen LogP contribution >= 0.6 is 0 Å². The van der Waals surface area contributed by atoms with Crippen LogP contribution < -0.4 is 4.72 Å². The monoisotopic (exact) mass is 312 g/mol. The molecule has 3 saturated carbocycles. The highest BCUT2D eigenvalue weighted by Crippen LogP contribution is 2.68. The molecule has 0 radical (unpaired) electrons. The summed E-state index contributed by atoms with van der Waals surface area (Å²) in [5, 5.41) is 0. The second-order valence-corrected chi connectivity index (χ2v) is 10.5. The van der Waals surface area contributed by atoms with Gasteiger partial charge in [0, 0.05) is 0 Å². The van der Waals surface area contributed by atoms with Gasteiger partial charge < -0.3 is 4.74 Å². The van der Waals surface area contributed by atoms with Gasteiger partial charge in [-0.3, -0.25) is 0 Å². The summed E-state index contributed by atoms with van der Waals surface area (Å²) in [4.78, 5) is 4.82. The number of nitrogens with one attached hydrogen (secondary N) is 1. The Balaban J connectivity index is 1.71. The highest BCUT2D eigenvalue weighted by atomic mass is 32.2. The molecule has 0 aromatic carbocycles. The van der Waals surface area contributed by atoms with Crippen LogP contribution in [0.15, 0.2) is 4.99 Å². The molecule has 4 fully saturated rings. The zero-order chi connectivity index (χ0) is 15.3. The van der Waals surface area contributed by atoms with E-state index < -0.39 is 20.4 Å². The zero-order valence-corrected chi connectivity index (χ0v) is 14.0. The highest BCUT2D eigenvalue weighted by molar-refractivity contribution is 7.91. The molecule has 2 unspecified atom stereocenters. The molecule has 21 heavy (non-hydrogen) atoms. The smallest absolute Gasteiger partial charge is 0.299 e.